The molecule has 0 saturated carbocycles. The summed E-state index contributed by atoms with van der Waals surface area (Å²) in [6, 6.07) is 13.5. The third-order valence-electron chi connectivity index (χ3n) is 5.16. The topological polar surface area (TPSA) is 89.2 Å². The van der Waals surface area contributed by atoms with Gasteiger partial charge in [-0.1, -0.05) is 29.8 Å². The van der Waals surface area contributed by atoms with Crippen molar-refractivity contribution < 1.29 is 18.7 Å². The van der Waals surface area contributed by atoms with Crippen molar-refractivity contribution in [1.29, 1.82) is 5.26 Å². The van der Waals surface area contributed by atoms with Crippen LogP contribution in [0, 0.1) is 24.1 Å². The van der Waals surface area contributed by atoms with Crippen LogP contribution in [0.5, 0.6) is 11.5 Å². The molecule has 0 aliphatic heterocycles. The number of nitrogens with one attached hydrogen (secondary N) is 1. The molecule has 0 unspecified atom stereocenters. The maximum Gasteiger partial charge on any atom is 0.261 e. The van der Waals surface area contributed by atoms with Gasteiger partial charge in [0.25, 0.3) is 5.91 Å². The summed E-state index contributed by atoms with van der Waals surface area (Å²) in [4.78, 5) is 12.6. The van der Waals surface area contributed by atoms with Crippen LogP contribution in [0.4, 0.5) is 4.39 Å². The number of hydrogen-bond acceptors (Lipinski definition) is 5. The van der Waals surface area contributed by atoms with Crippen LogP contribution in [-0.2, 0) is 17.8 Å². The molecule has 0 bridgehead atoms. The molecule has 0 atom stereocenters. The van der Waals surface area contributed by atoms with Gasteiger partial charge in [-0.25, -0.2) is 9.07 Å². The predicted molar refractivity (Wildman–Crippen MR) is 127 cm³/mol. The lowest BCUT2D eigenvalue weighted by Crippen LogP contribution is -2.26. The lowest BCUT2D eigenvalue weighted by atomic mass is 10.1. The molecule has 0 radical (unpaired) electrons. The minimum atomic E-state index is -0.510. The van der Waals surface area contributed by atoms with Crippen molar-refractivity contribution in [2.75, 3.05) is 20.8 Å². The van der Waals surface area contributed by atoms with Gasteiger partial charge in [-0.05, 0) is 54.8 Å². The van der Waals surface area contributed by atoms with E-state index in [0.29, 0.717) is 42.3 Å². The number of methoxy groups -OCH3 is 2. The molecule has 1 N–H and O–H groups in total. The number of nitrogens with zero attached hydrogens (tertiary/aromatic N) is 3. The van der Waals surface area contributed by atoms with Crippen LogP contribution in [-0.4, -0.2) is 36.5 Å². The molecule has 1 heterocycles. The van der Waals surface area contributed by atoms with Gasteiger partial charge < -0.3 is 14.8 Å². The molecule has 1 aromatic heterocycles. The molecule has 34 heavy (non-hydrogen) atoms. The van der Waals surface area contributed by atoms with Crippen LogP contribution in [0.25, 0.3) is 6.08 Å². The van der Waals surface area contributed by atoms with E-state index in [9.17, 15) is 14.4 Å². The van der Waals surface area contributed by atoms with E-state index >= 15 is 0 Å². The zero-order valence-electron chi connectivity index (χ0n) is 19.1. The largest absolute Gasteiger partial charge is 0.493 e. The number of aromatic nitrogens is 2. The fourth-order valence-corrected chi connectivity index (χ4v) is 3.63. The molecule has 3 aromatic rings. The van der Waals surface area contributed by atoms with Crippen molar-refractivity contribution in [2.45, 2.75) is 19.9 Å². The Balaban J connectivity index is 1.68. The number of rotatable bonds is 9. The number of hydrogen-bond donors (Lipinski definition) is 1. The summed E-state index contributed by atoms with van der Waals surface area (Å²) < 4.78 is 25.2. The first-order valence-electron chi connectivity index (χ1n) is 10.4. The Morgan fingerprint density at radius 3 is 2.50 bits per heavy atom. The predicted octanol–water partition coefficient (Wildman–Crippen LogP) is 4.32. The minimum Gasteiger partial charge on any atom is -0.493 e. The van der Waals surface area contributed by atoms with Crippen LogP contribution < -0.4 is 14.8 Å². The van der Waals surface area contributed by atoms with E-state index in [1.54, 1.807) is 44.0 Å². The van der Waals surface area contributed by atoms with Crippen molar-refractivity contribution in [3.63, 3.8) is 0 Å². The standard InChI is InChI=1S/C25H24ClFN4O3/c1-16-21(24(26)31(30-16)15-18-4-7-20(27)8-5-18)13-19(14-28)25(32)29-11-10-17-6-9-22(33-2)23(12-17)34-3/h4-9,12-13H,10-11,15H2,1-3H3,(H,29,32)/b19-13+. The number of ether oxygens (including phenoxy) is 2. The maximum absolute atomic E-state index is 13.1. The van der Waals surface area contributed by atoms with Crippen LogP contribution >= 0.6 is 11.6 Å². The average Bonchev–Trinajstić information content (AvgIpc) is 3.10. The smallest absolute Gasteiger partial charge is 0.261 e. The number of aryl methyl sites for hydroxylation is 1. The van der Waals surface area contributed by atoms with Gasteiger partial charge in [-0.15, -0.1) is 0 Å². The van der Waals surface area contributed by atoms with Gasteiger partial charge in [-0.2, -0.15) is 10.4 Å². The van der Waals surface area contributed by atoms with E-state index in [4.69, 9.17) is 21.1 Å². The third-order valence-corrected chi connectivity index (χ3v) is 5.55. The summed E-state index contributed by atoms with van der Waals surface area (Å²) in [5, 5.41) is 17.0. The summed E-state index contributed by atoms with van der Waals surface area (Å²) in [5.41, 5.74) is 2.73. The Kier molecular flexibility index (Phi) is 8.28. The van der Waals surface area contributed by atoms with Crippen molar-refractivity contribution in [2.24, 2.45) is 0 Å². The Bertz CT molecular complexity index is 1250. The van der Waals surface area contributed by atoms with Gasteiger partial charge in [0.2, 0.25) is 0 Å². The lowest BCUT2D eigenvalue weighted by Gasteiger charge is -2.10. The second-order valence-electron chi connectivity index (χ2n) is 7.44. The van der Waals surface area contributed by atoms with Crippen molar-refractivity contribution in [3.05, 3.63) is 81.4 Å². The second-order valence-corrected chi connectivity index (χ2v) is 7.80. The summed E-state index contributed by atoms with van der Waals surface area (Å²) in [6.45, 7) is 2.39. The Morgan fingerprint density at radius 2 is 1.85 bits per heavy atom. The summed E-state index contributed by atoms with van der Waals surface area (Å²) >= 11 is 6.47. The molecule has 176 valence electrons. The van der Waals surface area contributed by atoms with Crippen molar-refractivity contribution in [1.82, 2.24) is 15.1 Å². The molecule has 0 aliphatic rings. The molecule has 2 aromatic carbocycles. The third kappa shape index (κ3) is 5.94. The molecule has 7 nitrogen and oxygen atoms in total. The fraction of sp³-hybridized carbons (Fsp3) is 0.240. The molecule has 9 heteroatoms. The summed E-state index contributed by atoms with van der Waals surface area (Å²) in [5.74, 6) is 0.388. The Labute approximate surface area is 202 Å². The number of halogens is 2. The quantitative estimate of drug-likeness (QED) is 0.362. The van der Waals surface area contributed by atoms with Crippen LogP contribution in [0.1, 0.15) is 22.4 Å². The zero-order valence-corrected chi connectivity index (χ0v) is 19.8. The zero-order chi connectivity index (χ0) is 24.7. The van der Waals surface area contributed by atoms with E-state index in [0.717, 1.165) is 11.1 Å². The molecule has 0 saturated heterocycles. The first-order chi connectivity index (χ1) is 16.4. The van der Waals surface area contributed by atoms with Gasteiger partial charge in [0.1, 0.15) is 22.6 Å². The minimum absolute atomic E-state index is 0.0846. The number of amides is 1. The first kappa shape index (κ1) is 24.8. The lowest BCUT2D eigenvalue weighted by molar-refractivity contribution is -0.117. The monoisotopic (exact) mass is 482 g/mol. The Hall–Kier alpha value is -3.83. The van der Waals surface area contributed by atoms with Crippen molar-refractivity contribution in [3.8, 4) is 17.6 Å². The average molecular weight is 483 g/mol. The van der Waals surface area contributed by atoms with E-state index < -0.39 is 5.91 Å². The van der Waals surface area contributed by atoms with E-state index in [-0.39, 0.29) is 16.5 Å². The van der Waals surface area contributed by atoms with Crippen LogP contribution in [0.15, 0.2) is 48.0 Å². The number of benzene rings is 2. The Morgan fingerprint density at radius 1 is 1.18 bits per heavy atom. The molecule has 1 amide bonds. The number of nitriles is 1. The van der Waals surface area contributed by atoms with E-state index in [1.165, 1.54) is 18.2 Å². The highest BCUT2D eigenvalue weighted by Gasteiger charge is 2.16. The highest BCUT2D eigenvalue weighted by Crippen LogP contribution is 2.27. The first-order valence-corrected chi connectivity index (χ1v) is 10.8. The summed E-state index contributed by atoms with van der Waals surface area (Å²) in [6.07, 6.45) is 1.97. The molecule has 0 aliphatic carbocycles. The van der Waals surface area contributed by atoms with Crippen LogP contribution in [0.2, 0.25) is 5.15 Å². The van der Waals surface area contributed by atoms with E-state index in [1.807, 2.05) is 18.2 Å². The fourth-order valence-electron chi connectivity index (χ4n) is 3.34. The number of carbonyl (C=O) groups is 1. The van der Waals surface area contributed by atoms with Crippen LogP contribution in [0.3, 0.4) is 0 Å². The summed E-state index contributed by atoms with van der Waals surface area (Å²) in [7, 11) is 3.12. The van der Waals surface area contributed by atoms with Gasteiger partial charge in [0, 0.05) is 12.1 Å². The molecular formula is C25H24ClFN4O3. The van der Waals surface area contributed by atoms with Gasteiger partial charge in [0.15, 0.2) is 11.5 Å². The van der Waals surface area contributed by atoms with E-state index in [2.05, 4.69) is 10.4 Å². The maximum atomic E-state index is 13.1. The highest BCUT2D eigenvalue weighted by molar-refractivity contribution is 6.31. The highest BCUT2D eigenvalue weighted by atomic mass is 35.5. The molecule has 3 rings (SSSR count). The SMILES string of the molecule is COc1ccc(CCNC(=O)/C(C#N)=C/c2c(C)nn(Cc3ccc(F)cc3)c2Cl)cc1OC. The van der Waals surface area contributed by atoms with Gasteiger partial charge >= 0.3 is 0 Å². The number of carbonyl (C=O) groups excluding carboxylic acids is 1. The normalized spacial score (nSPS) is 11.1. The van der Waals surface area contributed by atoms with Gasteiger partial charge in [0.05, 0.1) is 26.5 Å². The van der Waals surface area contributed by atoms with Gasteiger partial charge in [-0.3, -0.25) is 4.79 Å². The van der Waals surface area contributed by atoms with Crippen molar-refractivity contribution >= 4 is 23.6 Å². The molecule has 0 spiro atoms. The molecular weight excluding hydrogens is 459 g/mol. The second kappa shape index (κ2) is 11.3. The molecule has 0 fully saturated rings.